The van der Waals surface area contributed by atoms with Crippen LogP contribution in [0.2, 0.25) is 0 Å². The zero-order valence-corrected chi connectivity index (χ0v) is 13.7. The summed E-state index contributed by atoms with van der Waals surface area (Å²) in [5.41, 5.74) is 2.20. The maximum Gasteiger partial charge on any atom is 0.316 e. The molecule has 0 radical (unpaired) electrons. The molecule has 3 atom stereocenters. The fraction of sp³-hybridized carbons (Fsp3) is 0.500. The molecule has 0 spiro atoms. The topological polar surface area (TPSA) is 54.4 Å². The Morgan fingerprint density at radius 1 is 1.30 bits per heavy atom. The smallest absolute Gasteiger partial charge is 0.316 e. The number of rotatable bonds is 5. The molecular formula is C16H19IO3. The standard InChI is InChI=1S/C16H19IO3/c1-10-2-7-13(15(10)18)8-11-3-5-12(6-4-11)9-14(17)16(19)20/h3-6,10,13-14H,2,7-9H2,1H3,(H,19,20). The molecular weight excluding hydrogens is 367 g/mol. The first-order valence-corrected chi connectivity index (χ1v) is 8.20. The van der Waals surface area contributed by atoms with Crippen molar-refractivity contribution in [2.75, 3.05) is 0 Å². The lowest BCUT2D eigenvalue weighted by Crippen LogP contribution is -2.15. The van der Waals surface area contributed by atoms with Gasteiger partial charge in [-0.15, -0.1) is 0 Å². The number of hydrogen-bond acceptors (Lipinski definition) is 2. The van der Waals surface area contributed by atoms with Gasteiger partial charge in [0, 0.05) is 11.8 Å². The third-order valence-corrected chi connectivity index (χ3v) is 5.00. The van der Waals surface area contributed by atoms with Gasteiger partial charge in [0.05, 0.1) is 0 Å². The van der Waals surface area contributed by atoms with Gasteiger partial charge in [0.2, 0.25) is 0 Å². The second kappa shape index (κ2) is 6.70. The zero-order chi connectivity index (χ0) is 14.7. The van der Waals surface area contributed by atoms with Crippen LogP contribution < -0.4 is 0 Å². The Morgan fingerprint density at radius 3 is 2.40 bits per heavy atom. The molecule has 0 aliphatic heterocycles. The molecule has 2 rings (SSSR count). The first-order valence-electron chi connectivity index (χ1n) is 6.95. The Kier molecular flexibility index (Phi) is 5.18. The number of alkyl halides is 1. The van der Waals surface area contributed by atoms with E-state index in [4.69, 9.17) is 5.11 Å². The second-order valence-electron chi connectivity index (χ2n) is 5.61. The maximum atomic E-state index is 11.9. The van der Waals surface area contributed by atoms with E-state index >= 15 is 0 Å². The Hall–Kier alpha value is -0.910. The third-order valence-electron chi connectivity index (χ3n) is 4.02. The molecule has 1 aliphatic rings. The number of aliphatic carboxylic acids is 1. The van der Waals surface area contributed by atoms with Gasteiger partial charge < -0.3 is 5.11 Å². The Morgan fingerprint density at radius 2 is 1.90 bits per heavy atom. The molecule has 0 amide bonds. The number of halogens is 1. The van der Waals surface area contributed by atoms with Gasteiger partial charge in [-0.2, -0.15) is 0 Å². The molecule has 1 aliphatic carbocycles. The molecule has 1 aromatic carbocycles. The van der Waals surface area contributed by atoms with E-state index in [1.807, 2.05) is 53.8 Å². The monoisotopic (exact) mass is 386 g/mol. The number of benzene rings is 1. The lowest BCUT2D eigenvalue weighted by Gasteiger charge is -2.10. The van der Waals surface area contributed by atoms with Crippen LogP contribution in [-0.2, 0) is 22.4 Å². The highest BCUT2D eigenvalue weighted by Crippen LogP contribution is 2.29. The van der Waals surface area contributed by atoms with E-state index < -0.39 is 9.89 Å². The van der Waals surface area contributed by atoms with Crippen LogP contribution in [0.1, 0.15) is 30.9 Å². The Bertz CT molecular complexity index is 495. The predicted molar refractivity (Wildman–Crippen MR) is 86.2 cm³/mol. The summed E-state index contributed by atoms with van der Waals surface area (Å²) < 4.78 is -0.393. The highest BCUT2D eigenvalue weighted by molar-refractivity contribution is 14.1. The minimum atomic E-state index is -0.778. The fourth-order valence-electron chi connectivity index (χ4n) is 2.73. The number of hydrogen-bond donors (Lipinski definition) is 1. The minimum absolute atomic E-state index is 0.173. The van der Waals surface area contributed by atoms with E-state index in [0.717, 1.165) is 24.8 Å². The van der Waals surface area contributed by atoms with Gasteiger partial charge in [0.25, 0.3) is 0 Å². The van der Waals surface area contributed by atoms with E-state index in [0.29, 0.717) is 12.2 Å². The molecule has 0 heterocycles. The number of carbonyl (C=O) groups is 2. The van der Waals surface area contributed by atoms with E-state index in [9.17, 15) is 9.59 Å². The van der Waals surface area contributed by atoms with Crippen LogP contribution in [0.4, 0.5) is 0 Å². The van der Waals surface area contributed by atoms with Crippen molar-refractivity contribution in [2.45, 2.75) is 36.5 Å². The lowest BCUT2D eigenvalue weighted by molar-refractivity contribution is -0.136. The average Bonchev–Trinajstić information content (AvgIpc) is 2.73. The summed E-state index contributed by atoms with van der Waals surface area (Å²) in [7, 11) is 0. The quantitative estimate of drug-likeness (QED) is 0.624. The predicted octanol–water partition coefficient (Wildman–Crippen LogP) is 3.28. The Balaban J connectivity index is 1.95. The van der Waals surface area contributed by atoms with Crippen LogP contribution in [0, 0.1) is 11.8 Å². The van der Waals surface area contributed by atoms with Crippen LogP contribution in [0.3, 0.4) is 0 Å². The molecule has 0 saturated heterocycles. The molecule has 3 unspecified atom stereocenters. The number of Topliss-reactive ketones (excluding diaryl/α,β-unsaturated/α-hetero) is 1. The minimum Gasteiger partial charge on any atom is -0.480 e. The molecule has 108 valence electrons. The SMILES string of the molecule is CC1CCC(Cc2ccc(CC(I)C(=O)O)cc2)C1=O. The van der Waals surface area contributed by atoms with Crippen molar-refractivity contribution in [1.29, 1.82) is 0 Å². The summed E-state index contributed by atoms with van der Waals surface area (Å²) in [5, 5.41) is 8.90. The average molecular weight is 386 g/mol. The summed E-state index contributed by atoms with van der Waals surface area (Å²) in [6.45, 7) is 2.01. The van der Waals surface area contributed by atoms with Gasteiger partial charge in [-0.1, -0.05) is 53.8 Å². The highest BCUT2D eigenvalue weighted by atomic mass is 127. The van der Waals surface area contributed by atoms with Crippen molar-refractivity contribution in [1.82, 2.24) is 0 Å². The van der Waals surface area contributed by atoms with Gasteiger partial charge in [0.1, 0.15) is 9.71 Å². The molecule has 0 bridgehead atoms. The van der Waals surface area contributed by atoms with Crippen molar-refractivity contribution >= 4 is 34.3 Å². The second-order valence-corrected chi connectivity index (χ2v) is 7.11. The van der Waals surface area contributed by atoms with Crippen molar-refractivity contribution in [3.05, 3.63) is 35.4 Å². The molecule has 4 heteroatoms. The molecule has 1 N–H and O–H groups in total. The summed E-state index contributed by atoms with van der Waals surface area (Å²) in [5.74, 6) is 0.00862. The number of carbonyl (C=O) groups excluding carboxylic acids is 1. The highest BCUT2D eigenvalue weighted by Gasteiger charge is 2.30. The van der Waals surface area contributed by atoms with Gasteiger partial charge in [-0.05, 0) is 36.8 Å². The van der Waals surface area contributed by atoms with E-state index in [1.54, 1.807) is 0 Å². The van der Waals surface area contributed by atoms with E-state index in [-0.39, 0.29) is 11.8 Å². The van der Waals surface area contributed by atoms with Gasteiger partial charge in [0.15, 0.2) is 0 Å². The van der Waals surface area contributed by atoms with Gasteiger partial charge >= 0.3 is 5.97 Å². The van der Waals surface area contributed by atoms with Crippen molar-refractivity contribution in [2.24, 2.45) is 11.8 Å². The molecule has 0 aromatic heterocycles. The van der Waals surface area contributed by atoms with Crippen molar-refractivity contribution in [3.63, 3.8) is 0 Å². The largest absolute Gasteiger partial charge is 0.480 e. The van der Waals surface area contributed by atoms with Gasteiger partial charge in [-0.25, -0.2) is 0 Å². The normalized spacial score (nSPS) is 23.8. The van der Waals surface area contributed by atoms with Crippen LogP contribution in [0.25, 0.3) is 0 Å². The summed E-state index contributed by atoms with van der Waals surface area (Å²) in [6.07, 6.45) is 3.36. The molecule has 1 fully saturated rings. The van der Waals surface area contributed by atoms with Crippen LogP contribution in [0.5, 0.6) is 0 Å². The van der Waals surface area contributed by atoms with Crippen molar-refractivity contribution in [3.8, 4) is 0 Å². The lowest BCUT2D eigenvalue weighted by atomic mass is 9.95. The number of carboxylic acids is 1. The van der Waals surface area contributed by atoms with E-state index in [2.05, 4.69) is 0 Å². The summed E-state index contributed by atoms with van der Waals surface area (Å²) in [6, 6.07) is 8.01. The van der Waals surface area contributed by atoms with Crippen LogP contribution in [0.15, 0.2) is 24.3 Å². The van der Waals surface area contributed by atoms with Crippen LogP contribution in [-0.4, -0.2) is 20.8 Å². The Labute approximate surface area is 132 Å². The van der Waals surface area contributed by atoms with Crippen LogP contribution >= 0.6 is 22.6 Å². The maximum absolute atomic E-state index is 11.9. The summed E-state index contributed by atoms with van der Waals surface area (Å²) in [4.78, 5) is 22.8. The van der Waals surface area contributed by atoms with Gasteiger partial charge in [-0.3, -0.25) is 9.59 Å². The first-order chi connectivity index (χ1) is 9.47. The zero-order valence-electron chi connectivity index (χ0n) is 11.5. The molecule has 20 heavy (non-hydrogen) atoms. The summed E-state index contributed by atoms with van der Waals surface area (Å²) >= 11 is 1.94. The molecule has 1 aromatic rings. The first kappa shape index (κ1) is 15.5. The van der Waals surface area contributed by atoms with E-state index in [1.165, 1.54) is 5.56 Å². The molecule has 1 saturated carbocycles. The fourth-order valence-corrected chi connectivity index (χ4v) is 3.24. The number of carboxylic acid groups (broad SMARTS) is 1. The third kappa shape index (κ3) is 3.81. The molecule has 3 nitrogen and oxygen atoms in total. The number of ketones is 1. The van der Waals surface area contributed by atoms with Crippen molar-refractivity contribution < 1.29 is 14.7 Å².